The average Bonchev–Trinajstić information content (AvgIpc) is 2.65. The highest BCUT2D eigenvalue weighted by Gasteiger charge is 2.15. The zero-order chi connectivity index (χ0) is 13.0. The number of carbonyl (C=O) groups is 1. The van der Waals surface area contributed by atoms with Gasteiger partial charge < -0.3 is 11.1 Å². The lowest BCUT2D eigenvalue weighted by atomic mass is 10.0. The van der Waals surface area contributed by atoms with Crippen molar-refractivity contribution in [3.8, 4) is 0 Å². The van der Waals surface area contributed by atoms with Crippen LogP contribution in [0.2, 0.25) is 0 Å². The van der Waals surface area contributed by atoms with Crippen molar-refractivity contribution < 1.29 is 4.79 Å². The Labute approximate surface area is 102 Å². The Morgan fingerprint density at radius 2 is 2.12 bits per heavy atom. The van der Waals surface area contributed by atoms with E-state index >= 15 is 0 Å². The molecular weight excluding hydrogens is 216 g/mol. The number of aromatic nitrogens is 2. The third-order valence-electron chi connectivity index (χ3n) is 2.46. The maximum atomic E-state index is 11.8. The van der Waals surface area contributed by atoms with Crippen molar-refractivity contribution in [1.29, 1.82) is 0 Å². The molecule has 1 heterocycles. The van der Waals surface area contributed by atoms with Crippen molar-refractivity contribution in [3.05, 3.63) is 12.4 Å². The lowest BCUT2D eigenvalue weighted by Crippen LogP contribution is -2.36. The topological polar surface area (TPSA) is 72.9 Å². The van der Waals surface area contributed by atoms with Gasteiger partial charge in [-0.3, -0.25) is 9.48 Å². The van der Waals surface area contributed by atoms with E-state index in [0.717, 1.165) is 0 Å². The molecule has 0 saturated carbocycles. The lowest BCUT2D eigenvalue weighted by Gasteiger charge is -2.13. The predicted octanol–water partition coefficient (Wildman–Crippen LogP) is 1.78. The van der Waals surface area contributed by atoms with Gasteiger partial charge in [-0.15, -0.1) is 0 Å². The van der Waals surface area contributed by atoms with E-state index < -0.39 is 6.04 Å². The molecule has 1 unspecified atom stereocenters. The highest BCUT2D eigenvalue weighted by molar-refractivity contribution is 5.94. The molecule has 1 rings (SSSR count). The highest BCUT2D eigenvalue weighted by Crippen LogP contribution is 2.11. The molecular formula is C12H22N4O. The molecule has 3 N–H and O–H groups in total. The molecule has 0 radical (unpaired) electrons. The molecule has 0 aliphatic heterocycles. The Morgan fingerprint density at radius 3 is 2.59 bits per heavy atom. The fourth-order valence-electron chi connectivity index (χ4n) is 1.53. The van der Waals surface area contributed by atoms with E-state index in [9.17, 15) is 4.79 Å². The van der Waals surface area contributed by atoms with Crippen molar-refractivity contribution in [2.45, 2.75) is 46.2 Å². The minimum absolute atomic E-state index is 0.151. The number of nitrogens with zero attached hydrogens (tertiary/aromatic N) is 2. The lowest BCUT2D eigenvalue weighted by molar-refractivity contribution is -0.117. The molecule has 0 aliphatic rings. The van der Waals surface area contributed by atoms with Gasteiger partial charge in [-0.25, -0.2) is 0 Å². The number of carbonyl (C=O) groups excluding carboxylic acids is 1. The Balaban J connectivity index is 2.55. The second-order valence-corrected chi connectivity index (χ2v) is 5.03. The van der Waals surface area contributed by atoms with Crippen LogP contribution in [0.1, 0.15) is 40.2 Å². The zero-order valence-corrected chi connectivity index (χ0v) is 11.0. The second kappa shape index (κ2) is 5.82. The zero-order valence-electron chi connectivity index (χ0n) is 11.0. The Kier molecular flexibility index (Phi) is 4.69. The van der Waals surface area contributed by atoms with Gasteiger partial charge >= 0.3 is 0 Å². The van der Waals surface area contributed by atoms with E-state index in [2.05, 4.69) is 10.4 Å². The minimum atomic E-state index is -0.461. The normalized spacial score (nSPS) is 13.1. The molecule has 0 aromatic carbocycles. The van der Waals surface area contributed by atoms with Crippen LogP contribution in [0.3, 0.4) is 0 Å². The molecule has 96 valence electrons. The summed E-state index contributed by atoms with van der Waals surface area (Å²) in [6.45, 7) is 8.15. The van der Waals surface area contributed by atoms with Crippen molar-refractivity contribution in [1.82, 2.24) is 9.78 Å². The molecule has 1 amide bonds. The predicted molar refractivity (Wildman–Crippen MR) is 68.7 cm³/mol. The Morgan fingerprint density at radius 1 is 1.47 bits per heavy atom. The monoisotopic (exact) mass is 238 g/mol. The third-order valence-corrected chi connectivity index (χ3v) is 2.46. The van der Waals surface area contributed by atoms with Gasteiger partial charge in [0.05, 0.1) is 17.9 Å². The number of nitrogens with two attached hydrogens (primary N) is 1. The summed E-state index contributed by atoms with van der Waals surface area (Å²) in [5, 5.41) is 6.93. The summed E-state index contributed by atoms with van der Waals surface area (Å²) in [5.41, 5.74) is 6.49. The molecule has 0 aliphatic carbocycles. The summed E-state index contributed by atoms with van der Waals surface area (Å²) in [4.78, 5) is 11.8. The van der Waals surface area contributed by atoms with Crippen molar-refractivity contribution in [2.24, 2.45) is 11.7 Å². The first-order valence-electron chi connectivity index (χ1n) is 6.00. The minimum Gasteiger partial charge on any atom is -0.322 e. The molecule has 0 bridgehead atoms. The molecule has 5 nitrogen and oxygen atoms in total. The first-order valence-corrected chi connectivity index (χ1v) is 6.00. The average molecular weight is 238 g/mol. The van der Waals surface area contributed by atoms with Gasteiger partial charge in [0.2, 0.25) is 5.91 Å². The highest BCUT2D eigenvalue weighted by atomic mass is 16.2. The van der Waals surface area contributed by atoms with Crippen LogP contribution in [0.5, 0.6) is 0 Å². The van der Waals surface area contributed by atoms with Crippen LogP contribution in [-0.4, -0.2) is 21.7 Å². The maximum Gasteiger partial charge on any atom is 0.241 e. The van der Waals surface area contributed by atoms with E-state index in [1.165, 1.54) is 0 Å². The number of amides is 1. The first-order chi connectivity index (χ1) is 7.90. The summed E-state index contributed by atoms with van der Waals surface area (Å²) in [6.07, 6.45) is 4.13. The molecule has 1 aromatic heterocycles. The van der Waals surface area contributed by atoms with Gasteiger partial charge in [-0.1, -0.05) is 13.8 Å². The van der Waals surface area contributed by atoms with Crippen molar-refractivity contribution in [2.75, 3.05) is 5.32 Å². The Bertz CT molecular complexity index is 370. The summed E-state index contributed by atoms with van der Waals surface area (Å²) in [6, 6.07) is -0.178. The van der Waals surface area contributed by atoms with Gasteiger partial charge in [0.1, 0.15) is 0 Å². The first kappa shape index (κ1) is 13.7. The SMILES string of the molecule is CC(C)CC(N)C(=O)Nc1cnn(C(C)C)c1. The van der Waals surface area contributed by atoms with Gasteiger partial charge in [0.25, 0.3) is 0 Å². The number of hydrogen-bond donors (Lipinski definition) is 2. The summed E-state index contributed by atoms with van der Waals surface area (Å²) < 4.78 is 1.80. The Hall–Kier alpha value is -1.36. The number of nitrogens with one attached hydrogen (secondary N) is 1. The van der Waals surface area contributed by atoms with Gasteiger partial charge in [-0.05, 0) is 26.2 Å². The fraction of sp³-hybridized carbons (Fsp3) is 0.667. The van der Waals surface area contributed by atoms with Gasteiger partial charge in [0.15, 0.2) is 0 Å². The summed E-state index contributed by atoms with van der Waals surface area (Å²) >= 11 is 0. The van der Waals surface area contributed by atoms with E-state index in [1.807, 2.05) is 33.9 Å². The quantitative estimate of drug-likeness (QED) is 0.821. The second-order valence-electron chi connectivity index (χ2n) is 5.03. The molecule has 0 fully saturated rings. The number of hydrogen-bond acceptors (Lipinski definition) is 3. The number of anilines is 1. The van der Waals surface area contributed by atoms with E-state index in [4.69, 9.17) is 5.73 Å². The van der Waals surface area contributed by atoms with Gasteiger partial charge in [0, 0.05) is 12.2 Å². The van der Waals surface area contributed by atoms with Crippen LogP contribution in [0.25, 0.3) is 0 Å². The molecule has 0 saturated heterocycles. The maximum absolute atomic E-state index is 11.8. The molecule has 5 heteroatoms. The summed E-state index contributed by atoms with van der Waals surface area (Å²) in [5.74, 6) is 0.260. The van der Waals surface area contributed by atoms with Crippen molar-refractivity contribution >= 4 is 11.6 Å². The van der Waals surface area contributed by atoms with Crippen LogP contribution in [0.15, 0.2) is 12.4 Å². The number of rotatable bonds is 5. The smallest absolute Gasteiger partial charge is 0.241 e. The van der Waals surface area contributed by atoms with Crippen LogP contribution in [-0.2, 0) is 4.79 Å². The molecule has 1 atom stereocenters. The largest absolute Gasteiger partial charge is 0.322 e. The molecule has 17 heavy (non-hydrogen) atoms. The van der Waals surface area contributed by atoms with Crippen molar-refractivity contribution in [3.63, 3.8) is 0 Å². The van der Waals surface area contributed by atoms with Crippen LogP contribution < -0.4 is 11.1 Å². The van der Waals surface area contributed by atoms with Crippen LogP contribution in [0.4, 0.5) is 5.69 Å². The van der Waals surface area contributed by atoms with Crippen LogP contribution >= 0.6 is 0 Å². The van der Waals surface area contributed by atoms with E-state index in [-0.39, 0.29) is 11.9 Å². The van der Waals surface area contributed by atoms with E-state index in [1.54, 1.807) is 10.9 Å². The third kappa shape index (κ3) is 4.19. The molecule has 1 aromatic rings. The van der Waals surface area contributed by atoms with Gasteiger partial charge in [-0.2, -0.15) is 5.10 Å². The standard InChI is InChI=1S/C12H22N4O/c1-8(2)5-11(13)12(17)15-10-6-14-16(7-10)9(3)4/h6-9,11H,5,13H2,1-4H3,(H,15,17). The fourth-order valence-corrected chi connectivity index (χ4v) is 1.53. The molecule has 0 spiro atoms. The van der Waals surface area contributed by atoms with Crippen LogP contribution in [0, 0.1) is 5.92 Å². The summed E-state index contributed by atoms with van der Waals surface area (Å²) in [7, 11) is 0. The van der Waals surface area contributed by atoms with E-state index in [0.29, 0.717) is 18.0 Å².